The van der Waals surface area contributed by atoms with E-state index in [1.807, 2.05) is 0 Å². The third-order valence-electron chi connectivity index (χ3n) is 1.87. The molecule has 8 heavy (non-hydrogen) atoms. The molecule has 1 heteroatoms. The molecule has 0 aromatic carbocycles. The van der Waals surface area contributed by atoms with Crippen LogP contribution in [0.4, 0.5) is 0 Å². The second kappa shape index (κ2) is 2.86. The van der Waals surface area contributed by atoms with Crippen LogP contribution < -0.4 is 0 Å². The monoisotopic (exact) mass is 176 g/mol. The van der Waals surface area contributed by atoms with Crippen LogP contribution in [0.15, 0.2) is 0 Å². The summed E-state index contributed by atoms with van der Waals surface area (Å²) in [6.45, 7) is 2.34. The molecule has 0 radical (unpaired) electrons. The first-order valence-corrected chi connectivity index (χ1v) is 4.34. The minimum atomic E-state index is 0.825. The Morgan fingerprint density at radius 1 is 1.38 bits per heavy atom. The molecule has 1 aliphatic rings. The maximum Gasteiger partial charge on any atom is 0.0148 e. The van der Waals surface area contributed by atoms with E-state index in [0.717, 1.165) is 10.7 Å². The van der Waals surface area contributed by atoms with Crippen molar-refractivity contribution in [2.24, 2.45) is 5.92 Å². The molecular formula is C7H13Br. The zero-order valence-electron chi connectivity index (χ0n) is 5.36. The van der Waals surface area contributed by atoms with E-state index in [1.165, 1.54) is 25.7 Å². The number of halogens is 1. The van der Waals surface area contributed by atoms with Crippen molar-refractivity contribution in [1.82, 2.24) is 0 Å². The standard InChI is InChI=1S/C7H13Br/c1-6-3-2-4-7(8)5-6/h6-7H,2-5H2,1H3/t6-,7-/m0/s1. The van der Waals surface area contributed by atoms with E-state index in [4.69, 9.17) is 0 Å². The fourth-order valence-corrected chi connectivity index (χ4v) is 2.32. The highest BCUT2D eigenvalue weighted by Gasteiger charge is 2.14. The predicted octanol–water partition coefficient (Wildman–Crippen LogP) is 2.96. The zero-order chi connectivity index (χ0) is 5.98. The third-order valence-corrected chi connectivity index (χ3v) is 2.70. The lowest BCUT2D eigenvalue weighted by molar-refractivity contribution is 0.398. The molecule has 0 aromatic rings. The van der Waals surface area contributed by atoms with E-state index in [1.54, 1.807) is 0 Å². The Morgan fingerprint density at radius 3 is 2.50 bits per heavy atom. The Bertz CT molecular complexity index is 62.8. The zero-order valence-corrected chi connectivity index (χ0v) is 6.95. The van der Waals surface area contributed by atoms with Crippen molar-refractivity contribution in [3.8, 4) is 0 Å². The number of hydrogen-bond donors (Lipinski definition) is 0. The van der Waals surface area contributed by atoms with Gasteiger partial charge in [0.05, 0.1) is 0 Å². The van der Waals surface area contributed by atoms with Gasteiger partial charge < -0.3 is 0 Å². The summed E-state index contributed by atoms with van der Waals surface area (Å²) in [5, 5.41) is 0. The molecule has 0 bridgehead atoms. The van der Waals surface area contributed by atoms with Gasteiger partial charge in [-0.25, -0.2) is 0 Å². The predicted molar refractivity (Wildman–Crippen MR) is 40.3 cm³/mol. The van der Waals surface area contributed by atoms with E-state index in [-0.39, 0.29) is 0 Å². The van der Waals surface area contributed by atoms with Gasteiger partial charge in [-0.3, -0.25) is 0 Å². The van der Waals surface area contributed by atoms with Crippen LogP contribution in [0.3, 0.4) is 0 Å². The summed E-state index contributed by atoms with van der Waals surface area (Å²) in [5.41, 5.74) is 0. The Hall–Kier alpha value is 0.480. The molecule has 1 saturated carbocycles. The highest BCUT2D eigenvalue weighted by atomic mass is 79.9. The molecule has 0 unspecified atom stereocenters. The van der Waals surface area contributed by atoms with Crippen molar-refractivity contribution in [3.63, 3.8) is 0 Å². The van der Waals surface area contributed by atoms with Crippen LogP contribution in [0.25, 0.3) is 0 Å². The first kappa shape index (κ1) is 6.60. The minimum Gasteiger partial charge on any atom is -0.0891 e. The second-order valence-electron chi connectivity index (χ2n) is 2.87. The first-order valence-electron chi connectivity index (χ1n) is 3.43. The van der Waals surface area contributed by atoms with Crippen LogP contribution >= 0.6 is 15.9 Å². The molecular weight excluding hydrogens is 164 g/mol. The maximum atomic E-state index is 3.63. The summed E-state index contributed by atoms with van der Waals surface area (Å²) in [7, 11) is 0. The summed E-state index contributed by atoms with van der Waals surface area (Å²) < 4.78 is 0. The Balaban J connectivity index is 2.23. The summed E-state index contributed by atoms with van der Waals surface area (Å²) in [6.07, 6.45) is 5.66. The average Bonchev–Trinajstić information content (AvgIpc) is 1.64. The molecule has 0 spiro atoms. The Labute approximate surface area is 59.8 Å². The SMILES string of the molecule is C[C@H]1CCC[C@H](Br)C1. The van der Waals surface area contributed by atoms with Crippen LogP contribution in [-0.4, -0.2) is 4.83 Å². The van der Waals surface area contributed by atoms with Gasteiger partial charge in [0.25, 0.3) is 0 Å². The van der Waals surface area contributed by atoms with Gasteiger partial charge in [-0.1, -0.05) is 35.7 Å². The molecule has 0 N–H and O–H groups in total. The number of alkyl halides is 1. The molecule has 1 rings (SSSR count). The van der Waals surface area contributed by atoms with Crippen molar-refractivity contribution in [2.75, 3.05) is 0 Å². The Morgan fingerprint density at radius 2 is 2.12 bits per heavy atom. The lowest BCUT2D eigenvalue weighted by atomic mass is 9.91. The molecule has 0 nitrogen and oxygen atoms in total. The summed E-state index contributed by atoms with van der Waals surface area (Å²) in [4.78, 5) is 0.825. The second-order valence-corrected chi connectivity index (χ2v) is 4.16. The normalized spacial score (nSPS) is 39.8. The van der Waals surface area contributed by atoms with Gasteiger partial charge in [0, 0.05) is 4.83 Å². The highest BCUT2D eigenvalue weighted by molar-refractivity contribution is 9.09. The van der Waals surface area contributed by atoms with Gasteiger partial charge >= 0.3 is 0 Å². The van der Waals surface area contributed by atoms with Gasteiger partial charge in [-0.15, -0.1) is 0 Å². The molecule has 0 saturated heterocycles. The third kappa shape index (κ3) is 1.77. The molecule has 0 amide bonds. The van der Waals surface area contributed by atoms with Crippen molar-refractivity contribution in [2.45, 2.75) is 37.4 Å². The topological polar surface area (TPSA) is 0 Å². The molecule has 1 fully saturated rings. The van der Waals surface area contributed by atoms with Gasteiger partial charge in [-0.05, 0) is 18.8 Å². The van der Waals surface area contributed by atoms with E-state index in [2.05, 4.69) is 22.9 Å². The Kier molecular flexibility index (Phi) is 2.36. The molecule has 0 aliphatic heterocycles. The fraction of sp³-hybridized carbons (Fsp3) is 1.00. The molecule has 0 aromatic heterocycles. The van der Waals surface area contributed by atoms with Crippen LogP contribution in [0, 0.1) is 5.92 Å². The van der Waals surface area contributed by atoms with Crippen molar-refractivity contribution < 1.29 is 0 Å². The largest absolute Gasteiger partial charge is 0.0891 e. The smallest absolute Gasteiger partial charge is 0.0148 e. The van der Waals surface area contributed by atoms with E-state index in [0.29, 0.717) is 0 Å². The summed E-state index contributed by atoms with van der Waals surface area (Å²) in [6, 6.07) is 0. The molecule has 1 aliphatic carbocycles. The van der Waals surface area contributed by atoms with Crippen LogP contribution in [-0.2, 0) is 0 Å². The minimum absolute atomic E-state index is 0.825. The number of hydrogen-bond acceptors (Lipinski definition) is 0. The molecule has 0 heterocycles. The highest BCUT2D eigenvalue weighted by Crippen LogP contribution is 2.27. The van der Waals surface area contributed by atoms with Crippen molar-refractivity contribution >= 4 is 15.9 Å². The first-order chi connectivity index (χ1) is 3.79. The van der Waals surface area contributed by atoms with Crippen LogP contribution in [0.2, 0.25) is 0 Å². The maximum absolute atomic E-state index is 3.63. The van der Waals surface area contributed by atoms with Gasteiger partial charge in [-0.2, -0.15) is 0 Å². The molecule has 48 valence electrons. The van der Waals surface area contributed by atoms with Crippen molar-refractivity contribution in [1.29, 1.82) is 0 Å². The lowest BCUT2D eigenvalue weighted by Crippen LogP contribution is -2.11. The van der Waals surface area contributed by atoms with E-state index in [9.17, 15) is 0 Å². The van der Waals surface area contributed by atoms with Crippen LogP contribution in [0.5, 0.6) is 0 Å². The fourth-order valence-electron chi connectivity index (χ4n) is 1.36. The molecule has 2 atom stereocenters. The van der Waals surface area contributed by atoms with Gasteiger partial charge in [0.15, 0.2) is 0 Å². The summed E-state index contributed by atoms with van der Waals surface area (Å²) >= 11 is 3.63. The lowest BCUT2D eigenvalue weighted by Gasteiger charge is -2.21. The summed E-state index contributed by atoms with van der Waals surface area (Å²) in [5.74, 6) is 0.966. The van der Waals surface area contributed by atoms with E-state index < -0.39 is 0 Å². The quantitative estimate of drug-likeness (QED) is 0.499. The average molecular weight is 177 g/mol. The number of rotatable bonds is 0. The van der Waals surface area contributed by atoms with Crippen LogP contribution in [0.1, 0.15) is 32.6 Å². The van der Waals surface area contributed by atoms with E-state index >= 15 is 0 Å². The van der Waals surface area contributed by atoms with Gasteiger partial charge in [0.2, 0.25) is 0 Å². The van der Waals surface area contributed by atoms with Crippen molar-refractivity contribution in [3.05, 3.63) is 0 Å². The van der Waals surface area contributed by atoms with Gasteiger partial charge in [0.1, 0.15) is 0 Å².